The van der Waals surface area contributed by atoms with Crippen LogP contribution >= 0.6 is 0 Å². The zero-order chi connectivity index (χ0) is 13.4. The van der Waals surface area contributed by atoms with Gasteiger partial charge in [0.25, 0.3) is 0 Å². The van der Waals surface area contributed by atoms with Crippen LogP contribution in [0.3, 0.4) is 0 Å². The minimum atomic E-state index is -0.212. The molecule has 1 fully saturated rings. The summed E-state index contributed by atoms with van der Waals surface area (Å²) in [5.74, 6) is 0.584. The Bertz CT molecular complexity index is 282. The van der Waals surface area contributed by atoms with Crippen LogP contribution in [0, 0.1) is 22.7 Å². The van der Waals surface area contributed by atoms with Gasteiger partial charge in [-0.1, -0.05) is 48.1 Å². The number of nitrogens with zero attached hydrogens (tertiary/aromatic N) is 1. The summed E-state index contributed by atoms with van der Waals surface area (Å²) < 4.78 is 13.2. The first-order valence-electron chi connectivity index (χ1n) is 6.57. The van der Waals surface area contributed by atoms with Crippen LogP contribution in [0.25, 0.3) is 0 Å². The second-order valence-electron chi connectivity index (χ2n) is 7.49. The van der Waals surface area contributed by atoms with E-state index in [9.17, 15) is 4.39 Å². The Morgan fingerprint density at radius 1 is 1.18 bits per heavy atom. The van der Waals surface area contributed by atoms with Crippen LogP contribution < -0.4 is 0 Å². The molecule has 0 amide bonds. The lowest BCUT2D eigenvalue weighted by Crippen LogP contribution is -2.30. The topological polar surface area (TPSA) is 3.24 Å². The van der Waals surface area contributed by atoms with Gasteiger partial charge in [-0.25, -0.2) is 0 Å². The molecule has 2 atom stereocenters. The highest BCUT2D eigenvalue weighted by Gasteiger charge is 2.41. The van der Waals surface area contributed by atoms with E-state index in [0.29, 0.717) is 5.92 Å². The number of halogens is 1. The van der Waals surface area contributed by atoms with Crippen LogP contribution in [0.2, 0.25) is 0 Å². The molecule has 0 spiro atoms. The Morgan fingerprint density at radius 3 is 2.00 bits per heavy atom. The van der Waals surface area contributed by atoms with Crippen molar-refractivity contribution in [3.63, 3.8) is 0 Å². The molecule has 1 rings (SSSR count). The lowest BCUT2D eigenvalue weighted by Gasteiger charge is -2.33. The quantitative estimate of drug-likeness (QED) is 0.703. The average molecular weight is 241 g/mol. The lowest BCUT2D eigenvalue weighted by atomic mass is 9.75. The second kappa shape index (κ2) is 4.62. The predicted molar refractivity (Wildman–Crippen MR) is 72.6 cm³/mol. The first-order chi connectivity index (χ1) is 7.57. The number of rotatable bonds is 2. The molecule has 1 heterocycles. The van der Waals surface area contributed by atoms with E-state index in [1.807, 2.05) is 0 Å². The van der Waals surface area contributed by atoms with E-state index < -0.39 is 0 Å². The maximum absolute atomic E-state index is 13.2. The number of allylic oxidation sites excluding steroid dienone is 1. The monoisotopic (exact) mass is 241 g/mol. The third-order valence-corrected chi connectivity index (χ3v) is 4.00. The molecule has 1 aliphatic rings. The maximum Gasteiger partial charge on any atom is 0.0943 e. The van der Waals surface area contributed by atoms with E-state index in [0.717, 1.165) is 18.8 Å². The predicted octanol–water partition coefficient (Wildman–Crippen LogP) is 4.11. The fourth-order valence-corrected chi connectivity index (χ4v) is 2.70. The Morgan fingerprint density at radius 2 is 1.71 bits per heavy atom. The lowest BCUT2D eigenvalue weighted by molar-refractivity contribution is 0.175. The van der Waals surface area contributed by atoms with Gasteiger partial charge in [0.1, 0.15) is 0 Å². The van der Waals surface area contributed by atoms with Gasteiger partial charge in [0.2, 0.25) is 0 Å². The van der Waals surface area contributed by atoms with E-state index >= 15 is 0 Å². The number of likely N-dealkylation sites (tertiary alicyclic amines) is 1. The summed E-state index contributed by atoms with van der Waals surface area (Å²) in [6, 6.07) is 0. The zero-order valence-corrected chi connectivity index (χ0v) is 12.3. The SMILES string of the molecule is C=C(N1CC(CF)C(C(C)(C)C)C1)C(C)(C)C. The van der Waals surface area contributed by atoms with E-state index in [1.54, 1.807) is 0 Å². The van der Waals surface area contributed by atoms with E-state index in [2.05, 4.69) is 53.0 Å². The highest BCUT2D eigenvalue weighted by atomic mass is 19.1. The summed E-state index contributed by atoms with van der Waals surface area (Å²) in [4.78, 5) is 2.29. The summed E-state index contributed by atoms with van der Waals surface area (Å²) >= 11 is 0. The molecule has 0 bridgehead atoms. The second-order valence-corrected chi connectivity index (χ2v) is 7.49. The number of hydrogen-bond acceptors (Lipinski definition) is 1. The molecule has 1 nitrogen and oxygen atoms in total. The highest BCUT2D eigenvalue weighted by Crippen LogP contribution is 2.41. The Hall–Kier alpha value is -0.530. The van der Waals surface area contributed by atoms with Crippen molar-refractivity contribution in [2.75, 3.05) is 19.8 Å². The first kappa shape index (κ1) is 14.5. The van der Waals surface area contributed by atoms with Crippen molar-refractivity contribution < 1.29 is 4.39 Å². The van der Waals surface area contributed by atoms with Crippen LogP contribution in [-0.4, -0.2) is 24.7 Å². The van der Waals surface area contributed by atoms with Gasteiger partial charge in [0, 0.05) is 30.1 Å². The molecule has 0 N–H and O–H groups in total. The Labute approximate surface area is 106 Å². The smallest absolute Gasteiger partial charge is 0.0943 e. The fourth-order valence-electron chi connectivity index (χ4n) is 2.70. The van der Waals surface area contributed by atoms with Crippen LogP contribution in [0.4, 0.5) is 4.39 Å². The van der Waals surface area contributed by atoms with Crippen LogP contribution in [0.1, 0.15) is 41.5 Å². The van der Waals surface area contributed by atoms with Crippen molar-refractivity contribution in [3.05, 3.63) is 12.3 Å². The van der Waals surface area contributed by atoms with Gasteiger partial charge in [0.15, 0.2) is 0 Å². The third kappa shape index (κ3) is 3.23. The van der Waals surface area contributed by atoms with Gasteiger partial charge in [-0.05, 0) is 11.3 Å². The molecule has 1 aliphatic heterocycles. The van der Waals surface area contributed by atoms with Crippen LogP contribution in [-0.2, 0) is 0 Å². The van der Waals surface area contributed by atoms with Crippen molar-refractivity contribution in [3.8, 4) is 0 Å². The molecule has 0 aromatic heterocycles. The normalized spacial score (nSPS) is 26.4. The molecule has 0 radical (unpaired) electrons. The van der Waals surface area contributed by atoms with Crippen molar-refractivity contribution in [2.24, 2.45) is 22.7 Å². The Balaban J connectivity index is 2.81. The third-order valence-electron chi connectivity index (χ3n) is 4.00. The molecule has 1 saturated heterocycles. The van der Waals surface area contributed by atoms with Gasteiger partial charge in [-0.2, -0.15) is 0 Å². The van der Waals surface area contributed by atoms with Gasteiger partial charge in [-0.15, -0.1) is 0 Å². The van der Waals surface area contributed by atoms with Crippen molar-refractivity contribution in [2.45, 2.75) is 41.5 Å². The van der Waals surface area contributed by atoms with Crippen molar-refractivity contribution >= 4 is 0 Å². The van der Waals surface area contributed by atoms with Crippen LogP contribution in [0.5, 0.6) is 0 Å². The van der Waals surface area contributed by atoms with Crippen molar-refractivity contribution in [1.82, 2.24) is 4.90 Å². The van der Waals surface area contributed by atoms with Crippen LogP contribution in [0.15, 0.2) is 12.3 Å². The molecule has 0 aromatic carbocycles. The number of alkyl halides is 1. The minimum absolute atomic E-state index is 0.0770. The molecule has 0 saturated carbocycles. The van der Waals surface area contributed by atoms with E-state index in [4.69, 9.17) is 0 Å². The first-order valence-corrected chi connectivity index (χ1v) is 6.57. The number of hydrogen-bond donors (Lipinski definition) is 0. The standard InChI is InChI=1S/C15H28FN/c1-11(14(2,3)4)17-9-12(8-16)13(10-17)15(5,6)7/h12-13H,1,8-10H2,2-7H3. The zero-order valence-electron chi connectivity index (χ0n) is 12.3. The Kier molecular flexibility index (Phi) is 3.95. The van der Waals surface area contributed by atoms with Gasteiger partial charge < -0.3 is 4.90 Å². The molecule has 100 valence electrons. The van der Waals surface area contributed by atoms with Gasteiger partial charge in [0.05, 0.1) is 6.67 Å². The fraction of sp³-hybridized carbons (Fsp3) is 0.867. The highest BCUT2D eigenvalue weighted by molar-refractivity contribution is 5.08. The van der Waals surface area contributed by atoms with Crippen molar-refractivity contribution in [1.29, 1.82) is 0 Å². The average Bonchev–Trinajstić information content (AvgIpc) is 2.57. The minimum Gasteiger partial charge on any atom is -0.374 e. The molecule has 0 aliphatic carbocycles. The summed E-state index contributed by atoms with van der Waals surface area (Å²) in [5.41, 5.74) is 1.39. The summed E-state index contributed by atoms with van der Waals surface area (Å²) in [7, 11) is 0. The van der Waals surface area contributed by atoms with Gasteiger partial charge >= 0.3 is 0 Å². The maximum atomic E-state index is 13.2. The summed E-state index contributed by atoms with van der Waals surface area (Å²) in [6.07, 6.45) is 0. The summed E-state index contributed by atoms with van der Waals surface area (Å²) in [6.45, 7) is 18.9. The molecular weight excluding hydrogens is 213 g/mol. The van der Waals surface area contributed by atoms with E-state index in [-0.39, 0.29) is 23.4 Å². The molecule has 2 unspecified atom stereocenters. The van der Waals surface area contributed by atoms with Gasteiger partial charge in [-0.3, -0.25) is 4.39 Å². The molecule has 17 heavy (non-hydrogen) atoms. The molecular formula is C15H28FN. The van der Waals surface area contributed by atoms with E-state index in [1.165, 1.54) is 0 Å². The largest absolute Gasteiger partial charge is 0.374 e. The molecule has 0 aromatic rings. The summed E-state index contributed by atoms with van der Waals surface area (Å²) in [5, 5.41) is 0. The molecule has 2 heteroatoms.